The molecule has 1 saturated heterocycles. The largest absolute Gasteiger partial charge is 0.377 e. The van der Waals surface area contributed by atoms with E-state index in [2.05, 4.69) is 25.6 Å². The number of fused-ring (bicyclic) bond motifs is 1. The third-order valence-corrected chi connectivity index (χ3v) is 5.06. The second kappa shape index (κ2) is 8.86. The summed E-state index contributed by atoms with van der Waals surface area (Å²) in [6.45, 7) is 2.14. The van der Waals surface area contributed by atoms with Crippen molar-refractivity contribution in [3.8, 4) is 0 Å². The van der Waals surface area contributed by atoms with Crippen LogP contribution in [0.3, 0.4) is 0 Å². The van der Waals surface area contributed by atoms with Crippen LogP contribution in [0.4, 0.5) is 11.5 Å². The summed E-state index contributed by atoms with van der Waals surface area (Å²) in [5, 5.41) is 8.39. The average molecular weight is 435 g/mol. The first-order chi connectivity index (χ1) is 14.1. The maximum Gasteiger partial charge on any atom is 0.242 e. The Morgan fingerprint density at radius 3 is 2.93 bits per heavy atom. The van der Waals surface area contributed by atoms with E-state index in [1.54, 1.807) is 23.1 Å². The van der Waals surface area contributed by atoms with Crippen LogP contribution in [0.25, 0.3) is 11.0 Å². The number of anilines is 2. The van der Waals surface area contributed by atoms with Gasteiger partial charge in [-0.15, -0.1) is 0 Å². The lowest BCUT2D eigenvalue weighted by atomic mass is 10.2. The molecule has 1 aromatic carbocycles. The number of nitrogens with zero attached hydrogens (tertiary/aromatic N) is 3. The fraction of sp³-hybridized carbons (Fsp3) is 0.316. The predicted molar refractivity (Wildman–Crippen MR) is 114 cm³/mol. The lowest BCUT2D eigenvalue weighted by Gasteiger charge is -2.25. The fourth-order valence-electron chi connectivity index (χ4n) is 3.25. The zero-order valence-corrected chi connectivity index (χ0v) is 17.0. The molecule has 10 heteroatoms. The molecule has 2 aromatic heterocycles. The van der Waals surface area contributed by atoms with Crippen molar-refractivity contribution in [1.29, 1.82) is 0 Å². The molecule has 3 heterocycles. The Bertz CT molecular complexity index is 991. The van der Waals surface area contributed by atoms with Gasteiger partial charge in [-0.1, -0.05) is 23.2 Å². The Balaban J connectivity index is 1.39. The first-order valence-corrected chi connectivity index (χ1v) is 9.94. The minimum Gasteiger partial charge on any atom is -0.377 e. The van der Waals surface area contributed by atoms with E-state index in [-0.39, 0.29) is 18.5 Å². The number of carbonyl (C=O) groups excluding carboxylic acids is 1. The van der Waals surface area contributed by atoms with Crippen LogP contribution < -0.4 is 10.6 Å². The summed E-state index contributed by atoms with van der Waals surface area (Å²) in [7, 11) is 0. The summed E-state index contributed by atoms with van der Waals surface area (Å²) in [5.74, 6) is 0.679. The molecule has 3 N–H and O–H groups in total. The molecule has 1 fully saturated rings. The number of benzene rings is 1. The van der Waals surface area contributed by atoms with Gasteiger partial charge in [-0.25, -0.2) is 9.97 Å². The number of H-pyrrole nitrogens is 1. The van der Waals surface area contributed by atoms with Crippen LogP contribution in [0.2, 0.25) is 10.0 Å². The summed E-state index contributed by atoms with van der Waals surface area (Å²) in [4.78, 5) is 26.1. The van der Waals surface area contributed by atoms with Crippen LogP contribution in [0.15, 0.2) is 36.8 Å². The van der Waals surface area contributed by atoms with Gasteiger partial charge in [0.2, 0.25) is 5.91 Å². The standard InChI is InChI=1S/C19H20Cl2N6O2/c20-12-5-13(21)7-14(6-12)23-8-17(28)27-3-4-29-10-15(9-27)26-19-16-1-2-22-18(16)24-11-25-19/h1-2,5-7,11,15,23H,3-4,8-10H2,(H2,22,24,25,26). The van der Waals surface area contributed by atoms with Crippen molar-refractivity contribution in [2.45, 2.75) is 6.04 Å². The second-order valence-corrected chi connectivity index (χ2v) is 7.60. The number of nitrogens with one attached hydrogen (secondary N) is 3. The molecule has 0 bridgehead atoms. The molecule has 0 spiro atoms. The molecule has 152 valence electrons. The summed E-state index contributed by atoms with van der Waals surface area (Å²) in [5.41, 5.74) is 1.46. The van der Waals surface area contributed by atoms with E-state index in [0.29, 0.717) is 47.9 Å². The molecule has 3 aromatic rings. The number of aromatic nitrogens is 3. The third-order valence-electron chi connectivity index (χ3n) is 4.62. The van der Waals surface area contributed by atoms with Crippen molar-refractivity contribution in [2.75, 3.05) is 43.5 Å². The molecule has 0 saturated carbocycles. The molecule has 1 atom stereocenters. The topological polar surface area (TPSA) is 95.2 Å². The molecule has 0 radical (unpaired) electrons. The van der Waals surface area contributed by atoms with Crippen LogP contribution in [0.1, 0.15) is 0 Å². The molecule has 0 aliphatic carbocycles. The van der Waals surface area contributed by atoms with Crippen molar-refractivity contribution in [2.24, 2.45) is 0 Å². The van der Waals surface area contributed by atoms with E-state index in [1.165, 1.54) is 6.33 Å². The van der Waals surface area contributed by atoms with Gasteiger partial charge in [0.1, 0.15) is 17.8 Å². The van der Waals surface area contributed by atoms with E-state index >= 15 is 0 Å². The van der Waals surface area contributed by atoms with Crippen molar-refractivity contribution in [1.82, 2.24) is 19.9 Å². The van der Waals surface area contributed by atoms with Crippen LogP contribution in [-0.4, -0.2) is 64.6 Å². The van der Waals surface area contributed by atoms with Crippen molar-refractivity contribution in [3.05, 3.63) is 46.8 Å². The molecular weight excluding hydrogens is 415 g/mol. The highest BCUT2D eigenvalue weighted by Crippen LogP contribution is 2.22. The van der Waals surface area contributed by atoms with Crippen LogP contribution in [0, 0.1) is 0 Å². The van der Waals surface area contributed by atoms with Gasteiger partial charge in [-0.2, -0.15) is 0 Å². The molecule has 8 nitrogen and oxygen atoms in total. The molecule has 1 amide bonds. The minimum absolute atomic E-state index is 0.0344. The van der Waals surface area contributed by atoms with Gasteiger partial charge < -0.3 is 25.3 Å². The number of carbonyl (C=O) groups is 1. The Labute approximate surface area is 177 Å². The van der Waals surface area contributed by atoms with Crippen molar-refractivity contribution < 1.29 is 9.53 Å². The summed E-state index contributed by atoms with van der Waals surface area (Å²) in [6, 6.07) is 6.93. The van der Waals surface area contributed by atoms with Crippen molar-refractivity contribution in [3.63, 3.8) is 0 Å². The highest BCUT2D eigenvalue weighted by atomic mass is 35.5. The molecule has 1 unspecified atom stereocenters. The molecule has 29 heavy (non-hydrogen) atoms. The summed E-state index contributed by atoms with van der Waals surface area (Å²) >= 11 is 12.0. The van der Waals surface area contributed by atoms with Gasteiger partial charge in [-0.05, 0) is 24.3 Å². The monoisotopic (exact) mass is 434 g/mol. The SMILES string of the molecule is O=C(CNc1cc(Cl)cc(Cl)c1)N1CCOCC(Nc2ncnc3[nH]ccc23)C1. The third kappa shape index (κ3) is 4.90. The second-order valence-electron chi connectivity index (χ2n) is 6.73. The van der Waals surface area contributed by atoms with E-state index in [4.69, 9.17) is 27.9 Å². The first-order valence-electron chi connectivity index (χ1n) is 9.18. The van der Waals surface area contributed by atoms with E-state index in [9.17, 15) is 4.79 Å². The number of amides is 1. The van der Waals surface area contributed by atoms with Gasteiger partial charge in [0.25, 0.3) is 0 Å². The number of ether oxygens (including phenoxy) is 1. The Morgan fingerprint density at radius 2 is 2.10 bits per heavy atom. The predicted octanol–water partition coefficient (Wildman–Crippen LogP) is 3.02. The van der Waals surface area contributed by atoms with E-state index < -0.39 is 0 Å². The van der Waals surface area contributed by atoms with E-state index in [0.717, 1.165) is 11.0 Å². The maximum atomic E-state index is 12.7. The molecule has 1 aliphatic rings. The Hall–Kier alpha value is -2.55. The lowest BCUT2D eigenvalue weighted by Crippen LogP contribution is -2.43. The number of hydrogen-bond acceptors (Lipinski definition) is 6. The number of halogens is 2. The highest BCUT2D eigenvalue weighted by molar-refractivity contribution is 6.35. The van der Waals surface area contributed by atoms with Crippen LogP contribution >= 0.6 is 23.2 Å². The van der Waals surface area contributed by atoms with E-state index in [1.807, 2.05) is 12.3 Å². The quantitative estimate of drug-likeness (QED) is 0.571. The molecule has 4 rings (SSSR count). The van der Waals surface area contributed by atoms with Gasteiger partial charge in [0, 0.05) is 35.0 Å². The smallest absolute Gasteiger partial charge is 0.242 e. The molecule has 1 aliphatic heterocycles. The van der Waals surface area contributed by atoms with Gasteiger partial charge in [-0.3, -0.25) is 4.79 Å². The zero-order valence-electron chi connectivity index (χ0n) is 15.5. The van der Waals surface area contributed by atoms with Crippen LogP contribution in [-0.2, 0) is 9.53 Å². The fourth-order valence-corrected chi connectivity index (χ4v) is 3.78. The summed E-state index contributed by atoms with van der Waals surface area (Å²) < 4.78 is 5.68. The van der Waals surface area contributed by atoms with Crippen molar-refractivity contribution >= 4 is 51.6 Å². The van der Waals surface area contributed by atoms with Gasteiger partial charge in [0.15, 0.2) is 0 Å². The lowest BCUT2D eigenvalue weighted by molar-refractivity contribution is -0.129. The Morgan fingerprint density at radius 1 is 1.28 bits per heavy atom. The van der Waals surface area contributed by atoms with Crippen LogP contribution in [0.5, 0.6) is 0 Å². The summed E-state index contributed by atoms with van der Waals surface area (Å²) in [6.07, 6.45) is 3.32. The van der Waals surface area contributed by atoms with Gasteiger partial charge in [0.05, 0.1) is 31.2 Å². The molecular formula is C19H20Cl2N6O2. The number of rotatable bonds is 5. The average Bonchev–Trinajstić information content (AvgIpc) is 3.05. The first kappa shape index (κ1) is 19.8. The number of hydrogen-bond donors (Lipinski definition) is 3. The highest BCUT2D eigenvalue weighted by Gasteiger charge is 2.23. The maximum absolute atomic E-state index is 12.7. The number of aromatic amines is 1. The Kier molecular flexibility index (Phi) is 6.03. The van der Waals surface area contributed by atoms with Gasteiger partial charge >= 0.3 is 0 Å². The zero-order chi connectivity index (χ0) is 20.2. The minimum atomic E-state index is -0.0879. The normalized spacial score (nSPS) is 17.2.